The number of hydrogen-bond donors (Lipinski definition) is 4. The predicted octanol–water partition coefficient (Wildman–Crippen LogP) is 4.84. The van der Waals surface area contributed by atoms with Crippen LogP contribution in [0.15, 0.2) is 71.8 Å². The molecule has 1 aliphatic rings. The Morgan fingerprint density at radius 3 is 1.65 bits per heavy atom. The SMILES string of the molecule is CC(=O)N=C1C=CC(=O)C=C1.CC(=O)Nc1ccc(O)cc1.CC(=O)Nc1ccc(O)cc1C.I.II.I[I-]I. The quantitative estimate of drug-likeness (QED) is 0.193. The van der Waals surface area contributed by atoms with E-state index >= 15 is 0 Å². The number of aromatic hydroxyl groups is 2. The zero-order valence-electron chi connectivity index (χ0n) is 21.6. The van der Waals surface area contributed by atoms with Gasteiger partial charge in [-0.25, -0.2) is 4.99 Å². The van der Waals surface area contributed by atoms with Gasteiger partial charge in [-0.2, -0.15) is 0 Å². The van der Waals surface area contributed by atoms with Crippen LogP contribution in [0.4, 0.5) is 11.4 Å². The van der Waals surface area contributed by atoms with E-state index in [1.165, 1.54) is 63.3 Å². The van der Waals surface area contributed by atoms with Crippen LogP contribution >= 0.6 is 98.4 Å². The number of anilines is 2. The molecule has 1 aliphatic carbocycles. The fourth-order valence-electron chi connectivity index (χ4n) is 2.43. The first-order chi connectivity index (χ1) is 18.4. The van der Waals surface area contributed by atoms with Crippen molar-refractivity contribution in [2.75, 3.05) is 10.6 Å². The van der Waals surface area contributed by atoms with Crippen LogP contribution in [0.1, 0.15) is 26.3 Å². The molecule has 0 saturated heterocycles. The number of amides is 3. The molecule has 0 bridgehead atoms. The van der Waals surface area contributed by atoms with Crippen molar-refractivity contribution in [3.05, 3.63) is 72.3 Å². The van der Waals surface area contributed by atoms with Gasteiger partial charge in [0, 0.05) is 69.4 Å². The van der Waals surface area contributed by atoms with Crippen LogP contribution in [0.3, 0.4) is 0 Å². The molecule has 0 unspecified atom stereocenters. The van der Waals surface area contributed by atoms with Crippen molar-refractivity contribution in [1.82, 2.24) is 0 Å². The summed E-state index contributed by atoms with van der Waals surface area (Å²) >= 11 is 9.54. The molecule has 0 heterocycles. The van der Waals surface area contributed by atoms with Gasteiger partial charge in [0.05, 0.1) is 5.71 Å². The second-order valence-electron chi connectivity index (χ2n) is 7.09. The number of benzene rings is 2. The first kappa shape index (κ1) is 44.3. The summed E-state index contributed by atoms with van der Waals surface area (Å²) in [6.45, 7) is 6.08. The summed E-state index contributed by atoms with van der Waals surface area (Å²) in [5, 5.41) is 23.2. The van der Waals surface area contributed by atoms with Gasteiger partial charge in [-0.05, 0) is 79.3 Å². The van der Waals surface area contributed by atoms with Crippen molar-refractivity contribution in [2.24, 2.45) is 4.99 Å². The Hall–Kier alpha value is -0.150. The molecule has 0 aliphatic heterocycles. The normalized spacial score (nSPS) is 10.3. The van der Waals surface area contributed by atoms with E-state index in [2.05, 4.69) is 90.1 Å². The number of carbonyl (C=O) groups is 4. The van der Waals surface area contributed by atoms with Crippen molar-refractivity contribution >= 4 is 139 Å². The number of phenols is 2. The molecule has 2 aromatic carbocycles. The number of allylic oxidation sites excluding steroid dienone is 4. The molecule has 222 valence electrons. The van der Waals surface area contributed by atoms with Gasteiger partial charge in [0.15, 0.2) is 5.78 Å². The van der Waals surface area contributed by atoms with E-state index in [0.717, 1.165) is 11.3 Å². The van der Waals surface area contributed by atoms with Gasteiger partial charge >= 0.3 is 50.5 Å². The molecule has 2 aromatic rings. The number of halogens is 6. The van der Waals surface area contributed by atoms with Crippen molar-refractivity contribution in [3.63, 3.8) is 0 Å². The molecule has 0 saturated carbocycles. The number of phenolic OH excluding ortho intramolecular Hbond substituents is 2. The van der Waals surface area contributed by atoms with Crippen molar-refractivity contribution in [2.45, 2.75) is 27.7 Å². The number of ketones is 1. The molecule has 15 heteroatoms. The fraction of sp³-hybridized carbons (Fsp3) is 0.160. The zero-order valence-corrected chi connectivity index (χ0v) is 34.7. The van der Waals surface area contributed by atoms with Crippen LogP contribution in [0.25, 0.3) is 0 Å². The summed E-state index contributed by atoms with van der Waals surface area (Å²) in [4.78, 5) is 45.9. The Labute approximate surface area is 304 Å². The van der Waals surface area contributed by atoms with Gasteiger partial charge in [-0.1, -0.05) is 0 Å². The number of aryl methyl sites for hydroxylation is 1. The minimum atomic E-state index is -0.261. The van der Waals surface area contributed by atoms with Gasteiger partial charge in [0.1, 0.15) is 11.5 Å². The molecule has 40 heavy (non-hydrogen) atoms. The van der Waals surface area contributed by atoms with Crippen molar-refractivity contribution in [1.29, 1.82) is 0 Å². The van der Waals surface area contributed by atoms with Gasteiger partial charge in [0.2, 0.25) is 17.7 Å². The molecular weight excluding hydrogens is 1200 g/mol. The molecule has 0 radical (unpaired) electrons. The Kier molecular flexibility index (Phi) is 30.6. The number of nitrogens with zero attached hydrogens (tertiary/aromatic N) is 1. The molecule has 0 aromatic heterocycles. The van der Waals surface area contributed by atoms with E-state index in [4.69, 9.17) is 10.2 Å². The Morgan fingerprint density at radius 2 is 1.25 bits per heavy atom. The second kappa shape index (κ2) is 27.7. The summed E-state index contributed by atoms with van der Waals surface area (Å²) in [6.07, 6.45) is 5.79. The average Bonchev–Trinajstić information content (AvgIpc) is 2.86. The fourth-order valence-corrected chi connectivity index (χ4v) is 2.43. The number of aliphatic imine (C=N–C) groups is 1. The summed E-state index contributed by atoms with van der Waals surface area (Å²) in [7, 11) is 0. The van der Waals surface area contributed by atoms with Crippen molar-refractivity contribution < 1.29 is 42.6 Å². The predicted molar refractivity (Wildman–Crippen MR) is 202 cm³/mol. The molecule has 0 spiro atoms. The molecule has 0 fully saturated rings. The van der Waals surface area contributed by atoms with Gasteiger partial charge < -0.3 is 20.8 Å². The molecule has 3 rings (SSSR count). The van der Waals surface area contributed by atoms with Crippen molar-refractivity contribution in [3.8, 4) is 11.5 Å². The van der Waals surface area contributed by atoms with E-state index in [1.54, 1.807) is 24.3 Å². The molecular formula is C25H28I6N3O6-. The maximum absolute atomic E-state index is 10.7. The standard InChI is InChI=1S/C9H11NO2.C8H9NO2.C8H7NO2.I3.I2.HI/c1-6-5-8(12)3-4-9(6)10-7(2)11;2*1-6(10)9-7-2-4-8(11)5-3-7;1-3-2;1-2;/h3-5,12H,1-2H3,(H,10,11);2-5,11H,1H3,(H,9,10);2-5H,1H3;;;1H/q;;;-1;;. The third kappa shape index (κ3) is 25.6. The zero-order chi connectivity index (χ0) is 30.4. The second-order valence-corrected chi connectivity index (χ2v) is 23.3. The van der Waals surface area contributed by atoms with Crippen LogP contribution in [0, 0.1) is 6.92 Å². The number of carbonyl (C=O) groups excluding carboxylic acids is 4. The Balaban J connectivity index is -0.000000469. The molecule has 0 atom stereocenters. The number of hydrogen-bond acceptors (Lipinski definition) is 6. The minimum absolute atomic E-state index is 0. The monoisotopic (exact) mass is 1230 g/mol. The molecule has 4 N–H and O–H groups in total. The first-order valence-electron chi connectivity index (χ1n) is 10.5. The summed E-state index contributed by atoms with van der Waals surface area (Å²) in [5.74, 6) is -0.156. The Morgan fingerprint density at radius 1 is 0.800 bits per heavy atom. The summed E-state index contributed by atoms with van der Waals surface area (Å²) in [5.41, 5.74) is 2.80. The van der Waals surface area contributed by atoms with Crippen LogP contribution < -0.4 is 23.9 Å². The third-order valence-electron chi connectivity index (χ3n) is 3.83. The van der Waals surface area contributed by atoms with Crippen LogP contribution in [0.5, 0.6) is 11.5 Å². The van der Waals surface area contributed by atoms with Crippen LogP contribution in [0.2, 0.25) is 0 Å². The van der Waals surface area contributed by atoms with E-state index in [0.29, 0.717) is 24.7 Å². The number of rotatable bonds is 2. The Bertz CT molecular complexity index is 1150. The van der Waals surface area contributed by atoms with Gasteiger partial charge in [-0.15, -0.1) is 24.0 Å². The van der Waals surface area contributed by atoms with E-state index in [1.807, 2.05) is 6.92 Å². The topological polar surface area (TPSA) is 145 Å². The van der Waals surface area contributed by atoms with Gasteiger partial charge in [0.25, 0.3) is 0 Å². The molecule has 3 amide bonds. The van der Waals surface area contributed by atoms with E-state index < -0.39 is 0 Å². The maximum atomic E-state index is 10.7. The van der Waals surface area contributed by atoms with E-state index in [-0.39, 0.29) is 59.0 Å². The van der Waals surface area contributed by atoms with Gasteiger partial charge in [-0.3, -0.25) is 19.2 Å². The summed E-state index contributed by atoms with van der Waals surface area (Å²) in [6, 6.07) is 11.1. The van der Waals surface area contributed by atoms with E-state index in [9.17, 15) is 19.2 Å². The summed E-state index contributed by atoms with van der Waals surface area (Å²) < 4.78 is 0. The van der Waals surface area contributed by atoms with Crippen LogP contribution in [-0.2, 0) is 19.2 Å². The third-order valence-corrected chi connectivity index (χ3v) is 3.83. The molecule has 9 nitrogen and oxygen atoms in total. The average molecular weight is 1230 g/mol. The first-order valence-corrected chi connectivity index (χ1v) is 29.4. The van der Waals surface area contributed by atoms with Crippen LogP contribution in [-0.4, -0.2) is 39.4 Å². The number of nitrogens with one attached hydrogen (secondary N) is 2.